The molecule has 0 aromatic heterocycles. The standard InChI is InChI=1S/C21H29NO3/c1-13(17-4-5-18(24-2)19(9-17)25-3)22-20(23)21-10-14-6-15(11-21)8-16(7-14)12-21/h4-5,9,13-16H,6-8,10-12H2,1-3H3,(H,22,23)/t13-,14?,15?,16?,21?/m0/s1. The molecule has 4 nitrogen and oxygen atoms in total. The highest BCUT2D eigenvalue weighted by Crippen LogP contribution is 2.60. The van der Waals surface area contributed by atoms with Gasteiger partial charge < -0.3 is 14.8 Å². The molecular formula is C21H29NO3. The minimum atomic E-state index is -0.0977. The van der Waals surface area contributed by atoms with Gasteiger partial charge in [0.2, 0.25) is 5.91 Å². The lowest BCUT2D eigenvalue weighted by Gasteiger charge is -2.55. The molecule has 4 bridgehead atoms. The molecule has 0 saturated heterocycles. The van der Waals surface area contributed by atoms with Crippen LogP contribution >= 0.6 is 0 Å². The topological polar surface area (TPSA) is 47.6 Å². The Bertz CT molecular complexity index is 634. The fourth-order valence-electron chi connectivity index (χ4n) is 5.94. The fraction of sp³-hybridized carbons (Fsp3) is 0.667. The highest BCUT2D eigenvalue weighted by atomic mass is 16.5. The zero-order valence-electron chi connectivity index (χ0n) is 15.5. The number of ether oxygens (including phenoxy) is 2. The second kappa shape index (κ2) is 6.22. The van der Waals surface area contributed by atoms with E-state index in [1.54, 1.807) is 14.2 Å². The lowest BCUT2D eigenvalue weighted by Crippen LogP contribution is -2.53. The van der Waals surface area contributed by atoms with Crippen LogP contribution in [-0.4, -0.2) is 20.1 Å². The number of methoxy groups -OCH3 is 2. The molecule has 1 atom stereocenters. The zero-order chi connectivity index (χ0) is 17.6. The van der Waals surface area contributed by atoms with Crippen molar-refractivity contribution in [3.63, 3.8) is 0 Å². The third kappa shape index (κ3) is 2.90. The van der Waals surface area contributed by atoms with Gasteiger partial charge in [-0.3, -0.25) is 4.79 Å². The molecule has 1 N–H and O–H groups in total. The average molecular weight is 343 g/mol. The van der Waals surface area contributed by atoms with Crippen LogP contribution in [0.5, 0.6) is 11.5 Å². The first-order valence-electron chi connectivity index (χ1n) is 9.56. The number of carbonyl (C=O) groups excluding carboxylic acids is 1. The summed E-state index contributed by atoms with van der Waals surface area (Å²) in [4.78, 5) is 13.2. The summed E-state index contributed by atoms with van der Waals surface area (Å²) in [6.07, 6.45) is 7.38. The maximum absolute atomic E-state index is 13.2. The molecule has 4 heteroatoms. The van der Waals surface area contributed by atoms with Crippen LogP contribution in [0.1, 0.15) is 57.1 Å². The molecule has 1 amide bonds. The van der Waals surface area contributed by atoms with E-state index in [1.165, 1.54) is 19.3 Å². The molecule has 4 saturated carbocycles. The highest BCUT2D eigenvalue weighted by molar-refractivity contribution is 5.83. The predicted molar refractivity (Wildman–Crippen MR) is 96.7 cm³/mol. The van der Waals surface area contributed by atoms with Crippen molar-refractivity contribution in [2.45, 2.75) is 51.5 Å². The summed E-state index contributed by atoms with van der Waals surface area (Å²) in [6, 6.07) is 5.84. The van der Waals surface area contributed by atoms with E-state index in [9.17, 15) is 4.79 Å². The van der Waals surface area contributed by atoms with E-state index < -0.39 is 0 Å². The molecule has 4 aliphatic carbocycles. The van der Waals surface area contributed by atoms with Gasteiger partial charge in [0.15, 0.2) is 11.5 Å². The number of nitrogens with one attached hydrogen (secondary N) is 1. The quantitative estimate of drug-likeness (QED) is 0.876. The molecule has 0 aliphatic heterocycles. The smallest absolute Gasteiger partial charge is 0.226 e. The predicted octanol–water partition coefficient (Wildman–Crippen LogP) is 4.10. The van der Waals surface area contributed by atoms with E-state index >= 15 is 0 Å². The summed E-state index contributed by atoms with van der Waals surface area (Å²) in [5.74, 6) is 4.05. The Morgan fingerprint density at radius 2 is 1.60 bits per heavy atom. The summed E-state index contributed by atoms with van der Waals surface area (Å²) < 4.78 is 10.7. The maximum atomic E-state index is 13.2. The van der Waals surface area contributed by atoms with Crippen molar-refractivity contribution >= 4 is 5.91 Å². The molecule has 25 heavy (non-hydrogen) atoms. The molecular weight excluding hydrogens is 314 g/mol. The van der Waals surface area contributed by atoms with Crippen molar-refractivity contribution in [1.29, 1.82) is 0 Å². The fourth-order valence-corrected chi connectivity index (χ4v) is 5.94. The van der Waals surface area contributed by atoms with Crippen LogP contribution in [0.4, 0.5) is 0 Å². The first-order valence-corrected chi connectivity index (χ1v) is 9.56. The van der Waals surface area contributed by atoms with Crippen molar-refractivity contribution in [1.82, 2.24) is 5.32 Å². The Morgan fingerprint density at radius 1 is 1.04 bits per heavy atom. The second-order valence-electron chi connectivity index (χ2n) is 8.51. The van der Waals surface area contributed by atoms with Crippen molar-refractivity contribution in [3.8, 4) is 11.5 Å². The Kier molecular flexibility index (Phi) is 4.17. The SMILES string of the molecule is COc1ccc([C@H](C)NC(=O)C23CC4CC(CC(C4)C2)C3)cc1OC. The molecule has 0 spiro atoms. The summed E-state index contributed by atoms with van der Waals surface area (Å²) in [5.41, 5.74) is 0.954. The van der Waals surface area contributed by atoms with Gasteiger partial charge in [-0.15, -0.1) is 0 Å². The number of amides is 1. The Morgan fingerprint density at radius 3 is 2.12 bits per heavy atom. The highest BCUT2D eigenvalue weighted by Gasteiger charge is 2.54. The Labute approximate surface area is 150 Å². The van der Waals surface area contributed by atoms with Gasteiger partial charge in [0.05, 0.1) is 20.3 Å². The van der Waals surface area contributed by atoms with Crippen molar-refractivity contribution in [2.24, 2.45) is 23.2 Å². The molecule has 4 fully saturated rings. The Balaban J connectivity index is 1.49. The van der Waals surface area contributed by atoms with Crippen LogP contribution < -0.4 is 14.8 Å². The number of hydrogen-bond acceptors (Lipinski definition) is 3. The van der Waals surface area contributed by atoms with Crippen LogP contribution in [0.15, 0.2) is 18.2 Å². The van der Waals surface area contributed by atoms with Crippen molar-refractivity contribution in [3.05, 3.63) is 23.8 Å². The maximum Gasteiger partial charge on any atom is 0.226 e. The van der Waals surface area contributed by atoms with Gasteiger partial charge in [-0.1, -0.05) is 6.07 Å². The summed E-state index contributed by atoms with van der Waals surface area (Å²) in [5, 5.41) is 3.31. The third-order valence-electron chi connectivity index (χ3n) is 6.78. The minimum absolute atomic E-state index is 0.0275. The van der Waals surface area contributed by atoms with Crippen LogP contribution in [0, 0.1) is 23.2 Å². The lowest BCUT2D eigenvalue weighted by atomic mass is 9.49. The number of benzene rings is 1. The van der Waals surface area contributed by atoms with Gasteiger partial charge in [-0.2, -0.15) is 0 Å². The van der Waals surface area contributed by atoms with E-state index in [0.717, 1.165) is 42.6 Å². The zero-order valence-corrected chi connectivity index (χ0v) is 15.5. The normalized spacial score (nSPS) is 33.8. The van der Waals surface area contributed by atoms with E-state index in [-0.39, 0.29) is 17.4 Å². The molecule has 0 heterocycles. The van der Waals surface area contributed by atoms with E-state index in [2.05, 4.69) is 12.2 Å². The molecule has 1 aromatic carbocycles. The molecule has 1 aromatic rings. The first kappa shape index (κ1) is 16.7. The van der Waals surface area contributed by atoms with Gasteiger partial charge in [-0.05, 0) is 80.9 Å². The number of carbonyl (C=O) groups is 1. The summed E-state index contributed by atoms with van der Waals surface area (Å²) in [6.45, 7) is 2.06. The van der Waals surface area contributed by atoms with Crippen LogP contribution in [0.2, 0.25) is 0 Å². The monoisotopic (exact) mass is 343 g/mol. The summed E-state index contributed by atoms with van der Waals surface area (Å²) >= 11 is 0. The van der Waals surface area contributed by atoms with Gasteiger partial charge in [0.25, 0.3) is 0 Å². The average Bonchev–Trinajstić information content (AvgIpc) is 2.59. The van der Waals surface area contributed by atoms with E-state index in [4.69, 9.17) is 9.47 Å². The van der Waals surface area contributed by atoms with Gasteiger partial charge in [0.1, 0.15) is 0 Å². The second-order valence-corrected chi connectivity index (χ2v) is 8.51. The van der Waals surface area contributed by atoms with Gasteiger partial charge >= 0.3 is 0 Å². The van der Waals surface area contributed by atoms with Crippen LogP contribution in [0.3, 0.4) is 0 Å². The first-order chi connectivity index (χ1) is 12.0. The lowest BCUT2D eigenvalue weighted by molar-refractivity contribution is -0.147. The largest absolute Gasteiger partial charge is 0.493 e. The number of hydrogen-bond donors (Lipinski definition) is 1. The number of rotatable bonds is 5. The van der Waals surface area contributed by atoms with Crippen molar-refractivity contribution < 1.29 is 14.3 Å². The molecule has 136 valence electrons. The molecule has 0 radical (unpaired) electrons. The molecule has 0 unspecified atom stereocenters. The molecule has 5 rings (SSSR count). The van der Waals surface area contributed by atoms with E-state index in [1.807, 2.05) is 18.2 Å². The van der Waals surface area contributed by atoms with Gasteiger partial charge in [-0.25, -0.2) is 0 Å². The van der Waals surface area contributed by atoms with Crippen LogP contribution in [-0.2, 0) is 4.79 Å². The Hall–Kier alpha value is -1.71. The van der Waals surface area contributed by atoms with Crippen LogP contribution in [0.25, 0.3) is 0 Å². The molecule has 4 aliphatic rings. The summed E-state index contributed by atoms with van der Waals surface area (Å²) in [7, 11) is 3.27. The van der Waals surface area contributed by atoms with Crippen molar-refractivity contribution in [2.75, 3.05) is 14.2 Å². The van der Waals surface area contributed by atoms with E-state index in [0.29, 0.717) is 11.5 Å². The minimum Gasteiger partial charge on any atom is -0.493 e. The van der Waals surface area contributed by atoms with Gasteiger partial charge in [0, 0.05) is 5.41 Å². The third-order valence-corrected chi connectivity index (χ3v) is 6.78.